The SMILES string of the molecule is CCCCN1CNC2(C1)CC(C)(CC)N(CC1CO1)C(C)(CC)C2C. The average Bonchev–Trinajstić information content (AvgIpc) is 3.35. The van der Waals surface area contributed by atoms with Gasteiger partial charge in [0, 0.05) is 36.4 Å². The van der Waals surface area contributed by atoms with Gasteiger partial charge in [-0.2, -0.15) is 0 Å². The Hall–Kier alpha value is -0.160. The lowest BCUT2D eigenvalue weighted by molar-refractivity contribution is -0.124. The summed E-state index contributed by atoms with van der Waals surface area (Å²) >= 11 is 0. The molecule has 3 aliphatic heterocycles. The van der Waals surface area contributed by atoms with Crippen molar-refractivity contribution in [2.45, 2.75) is 96.4 Å². The number of nitrogens with zero attached hydrogens (tertiary/aromatic N) is 2. The molecule has 3 rings (SSSR count). The van der Waals surface area contributed by atoms with Crippen molar-refractivity contribution in [2.24, 2.45) is 5.92 Å². The predicted molar refractivity (Wildman–Crippen MR) is 105 cm³/mol. The van der Waals surface area contributed by atoms with Gasteiger partial charge in [-0.1, -0.05) is 34.1 Å². The number of nitrogens with one attached hydrogen (secondary N) is 1. The van der Waals surface area contributed by atoms with Crippen LogP contribution in [0, 0.1) is 5.92 Å². The van der Waals surface area contributed by atoms with E-state index in [1.54, 1.807) is 0 Å². The van der Waals surface area contributed by atoms with Crippen LogP contribution in [0.1, 0.15) is 73.6 Å². The summed E-state index contributed by atoms with van der Waals surface area (Å²) in [6, 6.07) is 0. The summed E-state index contributed by atoms with van der Waals surface area (Å²) in [7, 11) is 0. The molecule has 0 aromatic heterocycles. The maximum Gasteiger partial charge on any atom is 0.0936 e. The highest BCUT2D eigenvalue weighted by molar-refractivity contribution is 5.18. The third kappa shape index (κ3) is 3.40. The Balaban J connectivity index is 1.87. The maximum atomic E-state index is 5.63. The average molecular weight is 352 g/mol. The van der Waals surface area contributed by atoms with Gasteiger partial charge in [-0.05, 0) is 52.0 Å². The van der Waals surface area contributed by atoms with Crippen LogP contribution in [-0.4, -0.2) is 65.4 Å². The van der Waals surface area contributed by atoms with Gasteiger partial charge >= 0.3 is 0 Å². The second-order valence-corrected chi connectivity index (χ2v) is 9.42. The molecular formula is C21H41N3O. The standard InChI is InChI=1S/C21H41N3O/c1-7-10-11-23-15-21(22-16-23)14-19(5,8-2)24(12-18-13-25-18)20(6,9-3)17(21)4/h17-18,22H,7-16H2,1-6H3. The lowest BCUT2D eigenvalue weighted by Gasteiger charge is -2.64. The first-order valence-corrected chi connectivity index (χ1v) is 10.7. The first kappa shape index (κ1) is 19.6. The Bertz CT molecular complexity index is 468. The zero-order valence-electron chi connectivity index (χ0n) is 17.5. The normalized spacial score (nSPS) is 45.4. The van der Waals surface area contributed by atoms with E-state index in [9.17, 15) is 0 Å². The van der Waals surface area contributed by atoms with E-state index in [1.165, 1.54) is 45.2 Å². The van der Waals surface area contributed by atoms with Crippen LogP contribution in [0.2, 0.25) is 0 Å². The topological polar surface area (TPSA) is 31.0 Å². The van der Waals surface area contributed by atoms with Gasteiger partial charge in [-0.3, -0.25) is 15.1 Å². The zero-order chi connectivity index (χ0) is 18.3. The van der Waals surface area contributed by atoms with Crippen LogP contribution in [0.5, 0.6) is 0 Å². The molecule has 3 saturated heterocycles. The smallest absolute Gasteiger partial charge is 0.0936 e. The molecular weight excluding hydrogens is 310 g/mol. The van der Waals surface area contributed by atoms with E-state index in [-0.39, 0.29) is 16.6 Å². The summed E-state index contributed by atoms with van der Waals surface area (Å²) in [6.45, 7) is 20.2. The minimum absolute atomic E-state index is 0.225. The highest BCUT2D eigenvalue weighted by Crippen LogP contribution is 2.51. The van der Waals surface area contributed by atoms with Crippen LogP contribution in [0.15, 0.2) is 0 Å². The van der Waals surface area contributed by atoms with Crippen molar-refractivity contribution in [1.82, 2.24) is 15.1 Å². The molecule has 0 bridgehead atoms. The molecule has 25 heavy (non-hydrogen) atoms. The van der Waals surface area contributed by atoms with Crippen LogP contribution in [0.3, 0.4) is 0 Å². The zero-order valence-corrected chi connectivity index (χ0v) is 17.5. The summed E-state index contributed by atoms with van der Waals surface area (Å²) in [5.74, 6) is 0.634. The minimum atomic E-state index is 0.225. The molecule has 146 valence electrons. The van der Waals surface area contributed by atoms with E-state index in [2.05, 4.69) is 56.7 Å². The fraction of sp³-hybridized carbons (Fsp3) is 1.00. The quantitative estimate of drug-likeness (QED) is 0.712. The minimum Gasteiger partial charge on any atom is -0.372 e. The Morgan fingerprint density at radius 3 is 2.44 bits per heavy atom. The summed E-state index contributed by atoms with van der Waals surface area (Å²) in [5.41, 5.74) is 0.726. The van der Waals surface area contributed by atoms with Gasteiger partial charge in [0.1, 0.15) is 0 Å². The molecule has 0 radical (unpaired) electrons. The molecule has 0 amide bonds. The van der Waals surface area contributed by atoms with Gasteiger partial charge in [0.05, 0.1) is 12.7 Å². The molecule has 3 fully saturated rings. The van der Waals surface area contributed by atoms with Gasteiger partial charge in [0.25, 0.3) is 0 Å². The second kappa shape index (κ2) is 7.10. The van der Waals surface area contributed by atoms with Gasteiger partial charge in [0.15, 0.2) is 0 Å². The van der Waals surface area contributed by atoms with Crippen LogP contribution >= 0.6 is 0 Å². The molecule has 0 aromatic carbocycles. The maximum absolute atomic E-state index is 5.63. The Labute approximate surface area is 155 Å². The number of rotatable bonds is 7. The number of piperidine rings is 1. The molecule has 4 heteroatoms. The lowest BCUT2D eigenvalue weighted by atomic mass is 9.60. The fourth-order valence-corrected chi connectivity index (χ4v) is 5.72. The molecule has 3 aliphatic rings. The van der Waals surface area contributed by atoms with Crippen LogP contribution in [0.4, 0.5) is 0 Å². The van der Waals surface area contributed by atoms with Gasteiger partial charge in [-0.15, -0.1) is 0 Å². The van der Waals surface area contributed by atoms with Gasteiger partial charge in [-0.25, -0.2) is 0 Å². The van der Waals surface area contributed by atoms with Crippen molar-refractivity contribution in [2.75, 3.05) is 32.9 Å². The van der Waals surface area contributed by atoms with Crippen molar-refractivity contribution >= 4 is 0 Å². The lowest BCUT2D eigenvalue weighted by Crippen LogP contribution is -2.74. The second-order valence-electron chi connectivity index (χ2n) is 9.42. The predicted octanol–water partition coefficient (Wildman–Crippen LogP) is 3.47. The van der Waals surface area contributed by atoms with Crippen LogP contribution in [0.25, 0.3) is 0 Å². The Morgan fingerprint density at radius 2 is 1.88 bits per heavy atom. The summed E-state index contributed by atoms with van der Waals surface area (Å²) in [6.07, 6.45) is 6.73. The van der Waals surface area contributed by atoms with E-state index in [1.807, 2.05) is 0 Å². The number of hydrogen-bond acceptors (Lipinski definition) is 4. The van der Waals surface area contributed by atoms with Crippen molar-refractivity contribution in [3.8, 4) is 0 Å². The highest BCUT2D eigenvalue weighted by atomic mass is 16.6. The van der Waals surface area contributed by atoms with Crippen molar-refractivity contribution in [3.05, 3.63) is 0 Å². The molecule has 5 atom stereocenters. The Morgan fingerprint density at radius 1 is 1.16 bits per heavy atom. The molecule has 1 spiro atoms. The summed E-state index contributed by atoms with van der Waals surface area (Å²) in [5, 5.41) is 4.02. The third-order valence-corrected chi connectivity index (χ3v) is 7.98. The van der Waals surface area contributed by atoms with E-state index in [0.29, 0.717) is 12.0 Å². The summed E-state index contributed by atoms with van der Waals surface area (Å²) in [4.78, 5) is 5.50. The van der Waals surface area contributed by atoms with Crippen LogP contribution < -0.4 is 5.32 Å². The van der Waals surface area contributed by atoms with E-state index in [0.717, 1.165) is 19.8 Å². The number of hydrogen-bond donors (Lipinski definition) is 1. The van der Waals surface area contributed by atoms with Crippen LogP contribution in [-0.2, 0) is 4.74 Å². The molecule has 0 aromatic rings. The first-order chi connectivity index (χ1) is 11.8. The van der Waals surface area contributed by atoms with Crippen molar-refractivity contribution in [3.63, 3.8) is 0 Å². The largest absolute Gasteiger partial charge is 0.372 e. The molecule has 5 unspecified atom stereocenters. The number of likely N-dealkylation sites (tertiary alicyclic amines) is 1. The number of epoxide rings is 1. The fourth-order valence-electron chi connectivity index (χ4n) is 5.72. The Kier molecular flexibility index (Phi) is 5.57. The van der Waals surface area contributed by atoms with Gasteiger partial charge in [0.2, 0.25) is 0 Å². The van der Waals surface area contributed by atoms with E-state index < -0.39 is 0 Å². The third-order valence-electron chi connectivity index (χ3n) is 7.98. The molecule has 0 aliphatic carbocycles. The van der Waals surface area contributed by atoms with Crippen molar-refractivity contribution < 1.29 is 4.74 Å². The number of ether oxygens (including phenoxy) is 1. The van der Waals surface area contributed by atoms with Gasteiger partial charge < -0.3 is 4.74 Å². The molecule has 1 N–H and O–H groups in total. The first-order valence-electron chi connectivity index (χ1n) is 10.7. The highest BCUT2D eigenvalue weighted by Gasteiger charge is 2.61. The molecule has 4 nitrogen and oxygen atoms in total. The summed E-state index contributed by atoms with van der Waals surface area (Å²) < 4.78 is 5.63. The molecule has 0 saturated carbocycles. The molecule has 3 heterocycles. The van der Waals surface area contributed by atoms with E-state index >= 15 is 0 Å². The van der Waals surface area contributed by atoms with E-state index in [4.69, 9.17) is 4.74 Å². The monoisotopic (exact) mass is 351 g/mol. The van der Waals surface area contributed by atoms with Crippen molar-refractivity contribution in [1.29, 1.82) is 0 Å². The number of unbranched alkanes of at least 4 members (excludes halogenated alkanes) is 1.